The maximum Gasteiger partial charge on any atom is 0.325 e. The van der Waals surface area contributed by atoms with Gasteiger partial charge >= 0.3 is 6.03 Å². The first-order chi connectivity index (χ1) is 12.6. The number of carbonyl (C=O) groups excluding carboxylic acids is 2. The number of hydrogen-bond acceptors (Lipinski definition) is 3. The summed E-state index contributed by atoms with van der Waals surface area (Å²) in [6.45, 7) is 0.440. The van der Waals surface area contributed by atoms with Crippen molar-refractivity contribution in [1.29, 1.82) is 0 Å². The van der Waals surface area contributed by atoms with Crippen molar-refractivity contribution in [3.05, 3.63) is 64.7 Å². The monoisotopic (exact) mass is 370 g/mol. The van der Waals surface area contributed by atoms with Crippen molar-refractivity contribution in [2.45, 2.75) is 24.8 Å². The number of hydrogen-bond donors (Lipinski definition) is 1. The van der Waals surface area contributed by atoms with Gasteiger partial charge in [0.1, 0.15) is 17.9 Å². The molecule has 1 atom stereocenters. The van der Waals surface area contributed by atoms with Crippen molar-refractivity contribution in [2.24, 2.45) is 0 Å². The van der Waals surface area contributed by atoms with Crippen LogP contribution in [0.3, 0.4) is 0 Å². The quantitative estimate of drug-likeness (QED) is 0.838. The molecule has 0 radical (unpaired) electrons. The second-order valence-corrected chi connectivity index (χ2v) is 7.04. The van der Waals surface area contributed by atoms with Gasteiger partial charge in [-0.3, -0.25) is 9.69 Å². The van der Waals surface area contributed by atoms with Gasteiger partial charge in [0, 0.05) is 5.02 Å². The molecule has 0 unspecified atom stereocenters. The molecule has 0 bridgehead atoms. The van der Waals surface area contributed by atoms with Crippen LogP contribution in [0.5, 0.6) is 5.75 Å². The van der Waals surface area contributed by atoms with Gasteiger partial charge in [0.15, 0.2) is 0 Å². The molecule has 0 aromatic heterocycles. The highest BCUT2D eigenvalue weighted by Gasteiger charge is 2.53. The van der Waals surface area contributed by atoms with Crippen molar-refractivity contribution < 1.29 is 14.3 Å². The number of nitrogens with one attached hydrogen (secondary N) is 1. The van der Waals surface area contributed by atoms with Gasteiger partial charge in [-0.25, -0.2) is 4.79 Å². The fraction of sp³-hybridized carbons (Fsp3) is 0.300. The van der Waals surface area contributed by atoms with Crippen molar-refractivity contribution in [2.75, 3.05) is 13.2 Å². The third kappa shape index (κ3) is 2.82. The standard InChI is InChI=1S/C20H19ClN2O3/c21-15-7-9-16(10-8-15)26-13-12-23-18(24)20(22-19(23)25)11-3-5-14-4-1-2-6-17(14)20/h1-2,4,6-10H,3,5,11-13H2,(H,22,25)/t20-/m1/s1. The Hall–Kier alpha value is -2.53. The molecule has 1 heterocycles. The van der Waals surface area contributed by atoms with E-state index in [0.29, 0.717) is 17.2 Å². The number of amides is 3. The molecule has 5 nitrogen and oxygen atoms in total. The highest BCUT2D eigenvalue weighted by molar-refractivity contribution is 6.30. The van der Waals surface area contributed by atoms with E-state index in [1.165, 1.54) is 4.90 Å². The highest BCUT2D eigenvalue weighted by Crippen LogP contribution is 2.39. The van der Waals surface area contributed by atoms with Gasteiger partial charge in [0.05, 0.1) is 6.54 Å². The average molecular weight is 371 g/mol. The average Bonchev–Trinajstić information content (AvgIpc) is 2.88. The van der Waals surface area contributed by atoms with Crippen molar-refractivity contribution >= 4 is 23.5 Å². The largest absolute Gasteiger partial charge is 0.492 e. The number of urea groups is 1. The molecule has 2 aromatic rings. The lowest BCUT2D eigenvalue weighted by Crippen LogP contribution is -2.46. The molecule has 1 fully saturated rings. The summed E-state index contributed by atoms with van der Waals surface area (Å²) in [7, 11) is 0. The zero-order valence-corrected chi connectivity index (χ0v) is 15.0. The van der Waals surface area contributed by atoms with E-state index in [2.05, 4.69) is 5.32 Å². The Kier molecular flexibility index (Phi) is 4.32. The van der Waals surface area contributed by atoms with Gasteiger partial charge in [-0.1, -0.05) is 35.9 Å². The highest BCUT2D eigenvalue weighted by atomic mass is 35.5. The predicted molar refractivity (Wildman–Crippen MR) is 98.2 cm³/mol. The summed E-state index contributed by atoms with van der Waals surface area (Å²) in [6.07, 6.45) is 2.43. The number of benzene rings is 2. The van der Waals surface area contributed by atoms with Gasteiger partial charge < -0.3 is 10.1 Å². The molecule has 6 heteroatoms. The van der Waals surface area contributed by atoms with Gasteiger partial charge in [-0.05, 0) is 54.7 Å². The van der Waals surface area contributed by atoms with Crippen LogP contribution in [0.25, 0.3) is 0 Å². The van der Waals surface area contributed by atoms with Gasteiger partial charge in [0.2, 0.25) is 0 Å². The van der Waals surface area contributed by atoms with Crippen molar-refractivity contribution in [3.63, 3.8) is 0 Å². The molecule has 0 saturated carbocycles. The Bertz CT molecular complexity index is 852. The number of nitrogens with zero attached hydrogens (tertiary/aromatic N) is 1. The maximum atomic E-state index is 13.1. The molecule has 1 saturated heterocycles. The summed E-state index contributed by atoms with van der Waals surface area (Å²) in [5, 5.41) is 3.57. The maximum absolute atomic E-state index is 13.1. The Morgan fingerprint density at radius 3 is 2.69 bits per heavy atom. The molecule has 1 aliphatic heterocycles. The summed E-state index contributed by atoms with van der Waals surface area (Å²) in [5.74, 6) is 0.466. The van der Waals surface area contributed by atoms with Crippen molar-refractivity contribution in [3.8, 4) is 5.75 Å². The molecule has 2 aliphatic rings. The van der Waals surface area contributed by atoms with E-state index >= 15 is 0 Å². The van der Waals surface area contributed by atoms with Crippen LogP contribution < -0.4 is 10.1 Å². The summed E-state index contributed by atoms with van der Waals surface area (Å²) in [6, 6.07) is 14.5. The van der Waals surface area contributed by atoms with E-state index in [0.717, 1.165) is 24.0 Å². The second-order valence-electron chi connectivity index (χ2n) is 6.61. The number of ether oxygens (including phenoxy) is 1. The lowest BCUT2D eigenvalue weighted by atomic mass is 9.76. The molecular weight excluding hydrogens is 352 g/mol. The summed E-state index contributed by atoms with van der Waals surface area (Å²) < 4.78 is 5.63. The minimum Gasteiger partial charge on any atom is -0.492 e. The van der Waals surface area contributed by atoms with E-state index in [9.17, 15) is 9.59 Å². The SMILES string of the molecule is O=C1N[C@@]2(CCCc3ccccc32)C(=O)N1CCOc1ccc(Cl)cc1. The molecule has 134 valence electrons. The molecule has 1 N–H and O–H groups in total. The number of rotatable bonds is 4. The number of imide groups is 1. The Balaban J connectivity index is 1.49. The van der Waals surface area contributed by atoms with E-state index in [-0.39, 0.29) is 25.1 Å². The zero-order valence-electron chi connectivity index (χ0n) is 14.2. The molecule has 26 heavy (non-hydrogen) atoms. The molecule has 4 rings (SSSR count). The second kappa shape index (κ2) is 6.65. The molecule has 3 amide bonds. The first kappa shape index (κ1) is 16.9. The zero-order chi connectivity index (χ0) is 18.1. The summed E-state index contributed by atoms with van der Waals surface area (Å²) in [4.78, 5) is 26.8. The normalized spacial score (nSPS) is 21.7. The Morgan fingerprint density at radius 1 is 1.12 bits per heavy atom. The number of fused-ring (bicyclic) bond motifs is 2. The third-order valence-electron chi connectivity index (χ3n) is 5.05. The van der Waals surface area contributed by atoms with Gasteiger partial charge in [-0.2, -0.15) is 0 Å². The van der Waals surface area contributed by atoms with E-state index in [4.69, 9.17) is 16.3 Å². The smallest absolute Gasteiger partial charge is 0.325 e. The Morgan fingerprint density at radius 2 is 1.88 bits per heavy atom. The van der Waals surface area contributed by atoms with E-state index in [1.54, 1.807) is 24.3 Å². The fourth-order valence-corrected chi connectivity index (χ4v) is 3.93. The number of carbonyl (C=O) groups is 2. The lowest BCUT2D eigenvalue weighted by molar-refractivity contribution is -0.132. The molecule has 1 aliphatic carbocycles. The first-order valence-electron chi connectivity index (χ1n) is 8.71. The van der Waals surface area contributed by atoms with Gasteiger partial charge in [-0.15, -0.1) is 0 Å². The summed E-state index contributed by atoms with van der Waals surface area (Å²) in [5.41, 5.74) is 1.13. The van der Waals surface area contributed by atoms with Crippen molar-refractivity contribution in [1.82, 2.24) is 10.2 Å². The number of aryl methyl sites for hydroxylation is 1. The lowest BCUT2D eigenvalue weighted by Gasteiger charge is -2.33. The van der Waals surface area contributed by atoms with Crippen LogP contribution in [0.4, 0.5) is 4.79 Å². The van der Waals surface area contributed by atoms with E-state index < -0.39 is 5.54 Å². The summed E-state index contributed by atoms with van der Waals surface area (Å²) >= 11 is 5.85. The topological polar surface area (TPSA) is 58.6 Å². The van der Waals surface area contributed by atoms with Crippen LogP contribution in [0, 0.1) is 0 Å². The van der Waals surface area contributed by atoms with Crippen LogP contribution in [0.2, 0.25) is 5.02 Å². The number of halogens is 1. The molecular formula is C20H19ClN2O3. The van der Waals surface area contributed by atoms with Crippen LogP contribution >= 0.6 is 11.6 Å². The van der Waals surface area contributed by atoms with Crippen LogP contribution in [0.1, 0.15) is 24.0 Å². The van der Waals surface area contributed by atoms with Crippen LogP contribution in [-0.4, -0.2) is 30.0 Å². The Labute approximate surface area is 156 Å². The third-order valence-corrected chi connectivity index (χ3v) is 5.30. The van der Waals surface area contributed by atoms with Crippen LogP contribution in [0.15, 0.2) is 48.5 Å². The van der Waals surface area contributed by atoms with Crippen LogP contribution in [-0.2, 0) is 16.8 Å². The van der Waals surface area contributed by atoms with E-state index in [1.807, 2.05) is 24.3 Å². The predicted octanol–water partition coefficient (Wildman–Crippen LogP) is 3.50. The first-order valence-corrected chi connectivity index (χ1v) is 9.09. The molecule has 1 spiro atoms. The minimum absolute atomic E-state index is 0.186. The molecule has 2 aromatic carbocycles. The fourth-order valence-electron chi connectivity index (χ4n) is 3.80. The van der Waals surface area contributed by atoms with Gasteiger partial charge in [0.25, 0.3) is 5.91 Å². The minimum atomic E-state index is -0.924.